The van der Waals surface area contributed by atoms with E-state index in [1.54, 1.807) is 0 Å². The number of rotatable bonds is 16. The average molecular weight is 440 g/mol. The Kier molecular flexibility index (Phi) is 13.4. The predicted octanol–water partition coefficient (Wildman–Crippen LogP) is 2.76. The topological polar surface area (TPSA) is 136 Å². The van der Waals surface area contributed by atoms with Crippen LogP contribution in [0.1, 0.15) is 62.2 Å². The highest BCUT2D eigenvalue weighted by molar-refractivity contribution is 5.94. The molecule has 1 heterocycles. The molecular weight excluding hydrogens is 406 g/mol. The van der Waals surface area contributed by atoms with Crippen molar-refractivity contribution in [2.45, 2.75) is 51.9 Å². The molecule has 1 aromatic rings. The minimum Gasteiger partial charge on any atom is -0.491 e. The number of unbranched alkanes of at least 4 members (excludes halogenated alkanes) is 5. The lowest BCUT2D eigenvalue weighted by molar-refractivity contribution is -0.135. The van der Waals surface area contributed by atoms with Crippen LogP contribution in [-0.4, -0.2) is 61.5 Å². The second-order valence-electron chi connectivity index (χ2n) is 6.86. The lowest BCUT2D eigenvalue weighted by Crippen LogP contribution is -2.32. The summed E-state index contributed by atoms with van der Waals surface area (Å²) in [6.07, 6.45) is 8.26. The highest BCUT2D eigenvalue weighted by Crippen LogP contribution is 2.25. The van der Waals surface area contributed by atoms with Gasteiger partial charge in [0.15, 0.2) is 5.75 Å². The number of carboxylic acid groups (broad SMARTS) is 1. The summed E-state index contributed by atoms with van der Waals surface area (Å²) in [6, 6.07) is 1.39. The summed E-state index contributed by atoms with van der Waals surface area (Å²) in [7, 11) is 1.34. The lowest BCUT2D eigenvalue weighted by Gasteiger charge is -2.10. The molecular formula is C21H33N3O7. The standard InChI is InChI=1S/C21H33N3O7/c1-3-4-5-6-7-8-11-30-12-9-10-22-19(27)16-13-17(29-2)20(23-14-16)31-21(28)24-15-18(25)26/h13-14H,3-12,15H2,1-2H3,(H,22,27)(H,24,28)(H,25,26). The average Bonchev–Trinajstić information content (AvgIpc) is 2.76. The second-order valence-corrected chi connectivity index (χ2v) is 6.86. The SMILES string of the molecule is CCCCCCCCOCCCNC(=O)c1cnc(OC(=O)NCC(=O)O)c(OC)c1. The van der Waals surface area contributed by atoms with E-state index in [0.717, 1.165) is 13.0 Å². The van der Waals surface area contributed by atoms with Crippen LogP contribution in [0.25, 0.3) is 0 Å². The van der Waals surface area contributed by atoms with Crippen molar-refractivity contribution in [3.8, 4) is 11.6 Å². The van der Waals surface area contributed by atoms with E-state index in [9.17, 15) is 14.4 Å². The molecule has 10 heteroatoms. The molecule has 10 nitrogen and oxygen atoms in total. The summed E-state index contributed by atoms with van der Waals surface area (Å²) in [6.45, 7) is 3.38. The smallest absolute Gasteiger partial charge is 0.414 e. The first-order valence-electron chi connectivity index (χ1n) is 10.5. The first-order chi connectivity index (χ1) is 15.0. The van der Waals surface area contributed by atoms with Crippen molar-refractivity contribution in [3.05, 3.63) is 17.8 Å². The van der Waals surface area contributed by atoms with Gasteiger partial charge in [0.1, 0.15) is 6.54 Å². The van der Waals surface area contributed by atoms with Crippen molar-refractivity contribution in [1.29, 1.82) is 0 Å². The van der Waals surface area contributed by atoms with Gasteiger partial charge in [-0.3, -0.25) is 9.59 Å². The molecule has 31 heavy (non-hydrogen) atoms. The van der Waals surface area contributed by atoms with Crippen LogP contribution in [-0.2, 0) is 9.53 Å². The molecule has 0 aliphatic carbocycles. The fourth-order valence-electron chi connectivity index (χ4n) is 2.62. The largest absolute Gasteiger partial charge is 0.491 e. The molecule has 174 valence electrons. The predicted molar refractivity (Wildman–Crippen MR) is 114 cm³/mol. The highest BCUT2D eigenvalue weighted by Gasteiger charge is 2.15. The Morgan fingerprint density at radius 2 is 1.74 bits per heavy atom. The van der Waals surface area contributed by atoms with E-state index in [2.05, 4.69) is 17.2 Å². The Bertz CT molecular complexity index is 698. The molecule has 1 aromatic heterocycles. The zero-order chi connectivity index (χ0) is 22.9. The molecule has 0 fully saturated rings. The first-order valence-corrected chi connectivity index (χ1v) is 10.5. The van der Waals surface area contributed by atoms with E-state index in [1.807, 2.05) is 5.32 Å². The summed E-state index contributed by atoms with van der Waals surface area (Å²) < 4.78 is 15.6. The Morgan fingerprint density at radius 1 is 1.03 bits per heavy atom. The van der Waals surface area contributed by atoms with Crippen molar-refractivity contribution in [2.24, 2.45) is 0 Å². The molecule has 0 unspecified atom stereocenters. The van der Waals surface area contributed by atoms with Gasteiger partial charge in [-0.15, -0.1) is 0 Å². The third-order valence-corrected chi connectivity index (χ3v) is 4.27. The number of carbonyl (C=O) groups excluding carboxylic acids is 2. The van der Waals surface area contributed by atoms with Gasteiger partial charge in [0.2, 0.25) is 0 Å². The number of carbonyl (C=O) groups is 3. The third kappa shape index (κ3) is 11.8. The highest BCUT2D eigenvalue weighted by atomic mass is 16.6. The summed E-state index contributed by atoms with van der Waals surface area (Å²) in [4.78, 5) is 38.2. The number of nitrogens with one attached hydrogen (secondary N) is 2. The van der Waals surface area contributed by atoms with Gasteiger partial charge in [0.05, 0.1) is 12.7 Å². The molecule has 2 amide bonds. The zero-order valence-electron chi connectivity index (χ0n) is 18.3. The Morgan fingerprint density at radius 3 is 2.45 bits per heavy atom. The Labute approximate surface area is 182 Å². The second kappa shape index (κ2) is 15.9. The number of hydrogen-bond donors (Lipinski definition) is 3. The van der Waals surface area contributed by atoms with E-state index >= 15 is 0 Å². The van der Waals surface area contributed by atoms with Gasteiger partial charge in [-0.05, 0) is 12.8 Å². The molecule has 3 N–H and O–H groups in total. The molecule has 0 saturated heterocycles. The van der Waals surface area contributed by atoms with Gasteiger partial charge >= 0.3 is 12.1 Å². The molecule has 0 radical (unpaired) electrons. The number of amides is 2. The van der Waals surface area contributed by atoms with Crippen LogP contribution in [0.3, 0.4) is 0 Å². The van der Waals surface area contributed by atoms with E-state index in [4.69, 9.17) is 19.3 Å². The summed E-state index contributed by atoms with van der Waals surface area (Å²) >= 11 is 0. The molecule has 0 aliphatic heterocycles. The van der Waals surface area contributed by atoms with Gasteiger partial charge in [-0.1, -0.05) is 39.0 Å². The normalized spacial score (nSPS) is 10.4. The van der Waals surface area contributed by atoms with Gasteiger partial charge < -0.3 is 30.0 Å². The quantitative estimate of drug-likeness (QED) is 0.335. The fraction of sp³-hybridized carbons (Fsp3) is 0.619. The number of aromatic nitrogens is 1. The van der Waals surface area contributed by atoms with Crippen LogP contribution >= 0.6 is 0 Å². The van der Waals surface area contributed by atoms with Crippen LogP contribution in [0.4, 0.5) is 4.79 Å². The number of aliphatic carboxylic acids is 1. The fourth-order valence-corrected chi connectivity index (χ4v) is 2.62. The molecule has 0 bridgehead atoms. The van der Waals surface area contributed by atoms with Crippen LogP contribution in [0.2, 0.25) is 0 Å². The van der Waals surface area contributed by atoms with Crippen LogP contribution in [0.15, 0.2) is 12.3 Å². The third-order valence-electron chi connectivity index (χ3n) is 4.27. The van der Waals surface area contributed by atoms with E-state index < -0.39 is 18.6 Å². The first kappa shape index (κ1) is 26.2. The minimum atomic E-state index is -1.21. The van der Waals surface area contributed by atoms with Crippen molar-refractivity contribution in [2.75, 3.05) is 33.4 Å². The minimum absolute atomic E-state index is 0.0698. The molecule has 0 aliphatic rings. The van der Waals surface area contributed by atoms with Crippen LogP contribution in [0, 0.1) is 0 Å². The van der Waals surface area contributed by atoms with E-state index in [1.165, 1.54) is 51.5 Å². The summed E-state index contributed by atoms with van der Waals surface area (Å²) in [5.74, 6) is -1.66. The van der Waals surface area contributed by atoms with Crippen molar-refractivity contribution in [1.82, 2.24) is 15.6 Å². The van der Waals surface area contributed by atoms with Gasteiger partial charge in [0.25, 0.3) is 11.8 Å². The maximum absolute atomic E-state index is 12.3. The van der Waals surface area contributed by atoms with Crippen molar-refractivity contribution in [3.63, 3.8) is 0 Å². The molecule has 0 aromatic carbocycles. The maximum Gasteiger partial charge on any atom is 0.414 e. The molecule has 0 spiro atoms. The lowest BCUT2D eigenvalue weighted by atomic mass is 10.1. The molecule has 1 rings (SSSR count). The summed E-state index contributed by atoms with van der Waals surface area (Å²) in [5, 5.41) is 13.3. The number of carboxylic acids is 1. The monoisotopic (exact) mass is 439 g/mol. The Hall–Kier alpha value is -2.88. The van der Waals surface area contributed by atoms with Crippen LogP contribution < -0.4 is 20.1 Å². The maximum atomic E-state index is 12.3. The summed E-state index contributed by atoms with van der Waals surface area (Å²) in [5.41, 5.74) is 0.239. The molecule has 0 saturated carbocycles. The van der Waals surface area contributed by atoms with Gasteiger partial charge in [-0.2, -0.15) is 0 Å². The van der Waals surface area contributed by atoms with E-state index in [0.29, 0.717) is 19.6 Å². The van der Waals surface area contributed by atoms with Crippen molar-refractivity contribution >= 4 is 18.0 Å². The van der Waals surface area contributed by atoms with E-state index in [-0.39, 0.29) is 23.1 Å². The zero-order valence-corrected chi connectivity index (χ0v) is 18.3. The van der Waals surface area contributed by atoms with Crippen LogP contribution in [0.5, 0.6) is 11.6 Å². The number of ether oxygens (including phenoxy) is 3. The number of pyridine rings is 1. The number of hydrogen-bond acceptors (Lipinski definition) is 7. The van der Waals surface area contributed by atoms with Gasteiger partial charge in [0, 0.05) is 32.0 Å². The number of methoxy groups -OCH3 is 1. The van der Waals surface area contributed by atoms with Gasteiger partial charge in [-0.25, -0.2) is 9.78 Å². The number of nitrogens with zero attached hydrogens (tertiary/aromatic N) is 1. The van der Waals surface area contributed by atoms with Crippen molar-refractivity contribution < 1.29 is 33.7 Å². The Balaban J connectivity index is 2.30. The molecule has 0 atom stereocenters.